The van der Waals surface area contributed by atoms with Gasteiger partial charge in [-0.25, -0.2) is 4.98 Å². The summed E-state index contributed by atoms with van der Waals surface area (Å²) in [5.41, 5.74) is 6.00. The minimum absolute atomic E-state index is 0.0138. The van der Waals surface area contributed by atoms with Crippen molar-refractivity contribution in [3.05, 3.63) is 90.5 Å². The van der Waals surface area contributed by atoms with Gasteiger partial charge in [0.15, 0.2) is 0 Å². The fourth-order valence-corrected chi connectivity index (χ4v) is 4.50. The predicted octanol–water partition coefficient (Wildman–Crippen LogP) is 7.52. The highest BCUT2D eigenvalue weighted by atomic mass is 16.5. The van der Waals surface area contributed by atoms with Crippen molar-refractivity contribution >= 4 is 33.4 Å². The molecule has 5 rings (SSSR count). The van der Waals surface area contributed by atoms with Gasteiger partial charge in [-0.15, -0.1) is 0 Å². The molecule has 0 aliphatic heterocycles. The second kappa shape index (κ2) is 11.1. The summed E-state index contributed by atoms with van der Waals surface area (Å²) >= 11 is 0. The van der Waals surface area contributed by atoms with Crippen molar-refractivity contribution in [3.63, 3.8) is 0 Å². The Bertz CT molecular complexity index is 1470. The van der Waals surface area contributed by atoms with Gasteiger partial charge in [-0.1, -0.05) is 55.8 Å². The number of carbonyl (C=O) groups is 1. The summed E-state index contributed by atoms with van der Waals surface area (Å²) in [7, 11) is 0. The lowest BCUT2D eigenvalue weighted by molar-refractivity contribution is -0.116. The van der Waals surface area contributed by atoms with Crippen LogP contribution in [0, 0.1) is 0 Å². The minimum atomic E-state index is 0.0138. The molecule has 0 saturated carbocycles. The summed E-state index contributed by atoms with van der Waals surface area (Å²) < 4.78 is 5.70. The van der Waals surface area contributed by atoms with Crippen molar-refractivity contribution < 1.29 is 9.53 Å². The van der Waals surface area contributed by atoms with Gasteiger partial charge < -0.3 is 15.0 Å². The molecule has 2 heterocycles. The molecule has 2 N–H and O–H groups in total. The Hall–Kier alpha value is -4.12. The van der Waals surface area contributed by atoms with Gasteiger partial charge in [0, 0.05) is 28.4 Å². The first-order valence-electron chi connectivity index (χ1n) is 12.7. The molecule has 36 heavy (non-hydrogen) atoms. The van der Waals surface area contributed by atoms with Gasteiger partial charge in [-0.2, -0.15) is 0 Å². The standard InChI is InChI=1S/C31H31N3O2/c1-2-3-21-36-24-18-16-23(17-19-24)32-30(35)14-8-11-26-25-10-5-7-13-28(25)34-31(26)29-20-15-22-9-4-6-12-27(22)33-29/h4-7,9-10,12-13,15-20,34H,2-3,8,11,14,21H2,1H3,(H,32,35). The maximum atomic E-state index is 12.6. The molecule has 0 fully saturated rings. The molecule has 0 aliphatic carbocycles. The third-order valence-electron chi connectivity index (χ3n) is 6.40. The van der Waals surface area contributed by atoms with Gasteiger partial charge in [0.1, 0.15) is 5.75 Å². The van der Waals surface area contributed by atoms with Gasteiger partial charge >= 0.3 is 0 Å². The molecule has 0 saturated heterocycles. The van der Waals surface area contributed by atoms with E-state index in [1.54, 1.807) is 0 Å². The Morgan fingerprint density at radius 1 is 0.917 bits per heavy atom. The molecule has 5 heteroatoms. The molecule has 0 atom stereocenters. The Balaban J connectivity index is 1.26. The number of hydrogen-bond donors (Lipinski definition) is 2. The number of aromatic amines is 1. The summed E-state index contributed by atoms with van der Waals surface area (Å²) in [5, 5.41) is 5.31. The highest BCUT2D eigenvalue weighted by molar-refractivity contribution is 5.92. The number of fused-ring (bicyclic) bond motifs is 2. The molecule has 182 valence electrons. The van der Waals surface area contributed by atoms with E-state index in [-0.39, 0.29) is 5.91 Å². The number of nitrogens with zero attached hydrogens (tertiary/aromatic N) is 1. The summed E-state index contributed by atoms with van der Waals surface area (Å²) in [6.07, 6.45) is 4.11. The van der Waals surface area contributed by atoms with Crippen molar-refractivity contribution in [2.75, 3.05) is 11.9 Å². The zero-order valence-electron chi connectivity index (χ0n) is 20.6. The topological polar surface area (TPSA) is 67.0 Å². The number of pyridine rings is 1. The number of anilines is 1. The number of nitrogens with one attached hydrogen (secondary N) is 2. The maximum absolute atomic E-state index is 12.6. The number of aromatic nitrogens is 2. The zero-order chi connectivity index (χ0) is 24.7. The number of para-hydroxylation sites is 2. The Morgan fingerprint density at radius 2 is 1.72 bits per heavy atom. The van der Waals surface area contributed by atoms with Crippen molar-refractivity contribution in [1.29, 1.82) is 0 Å². The van der Waals surface area contributed by atoms with Crippen molar-refractivity contribution in [2.45, 2.75) is 39.0 Å². The lowest BCUT2D eigenvalue weighted by Gasteiger charge is -2.09. The number of carbonyl (C=O) groups excluding carboxylic acids is 1. The molecule has 5 nitrogen and oxygen atoms in total. The van der Waals surface area contributed by atoms with Crippen LogP contribution in [-0.4, -0.2) is 22.5 Å². The van der Waals surface area contributed by atoms with Gasteiger partial charge in [0.2, 0.25) is 5.91 Å². The number of aryl methyl sites for hydroxylation is 1. The number of benzene rings is 3. The van der Waals surface area contributed by atoms with Crippen LogP contribution >= 0.6 is 0 Å². The summed E-state index contributed by atoms with van der Waals surface area (Å²) in [6, 6.07) is 28.2. The number of ether oxygens (including phenoxy) is 1. The van der Waals surface area contributed by atoms with E-state index < -0.39 is 0 Å². The minimum Gasteiger partial charge on any atom is -0.494 e. The van der Waals surface area contributed by atoms with Crippen LogP contribution in [-0.2, 0) is 11.2 Å². The number of rotatable bonds is 10. The van der Waals surface area contributed by atoms with Crippen LogP contribution < -0.4 is 10.1 Å². The van der Waals surface area contributed by atoms with E-state index in [2.05, 4.69) is 53.6 Å². The number of hydrogen-bond acceptors (Lipinski definition) is 3. The third kappa shape index (κ3) is 5.41. The van der Waals surface area contributed by atoms with Crippen LogP contribution in [0.25, 0.3) is 33.2 Å². The predicted molar refractivity (Wildman–Crippen MR) is 147 cm³/mol. The van der Waals surface area contributed by atoms with Gasteiger partial charge in [0.25, 0.3) is 0 Å². The second-order valence-electron chi connectivity index (χ2n) is 9.04. The quantitative estimate of drug-likeness (QED) is 0.204. The van der Waals surface area contributed by atoms with Crippen LogP contribution in [0.3, 0.4) is 0 Å². The molecule has 2 aromatic heterocycles. The second-order valence-corrected chi connectivity index (χ2v) is 9.04. The van der Waals surface area contributed by atoms with E-state index in [9.17, 15) is 4.79 Å². The lowest BCUT2D eigenvalue weighted by Crippen LogP contribution is -2.11. The van der Waals surface area contributed by atoms with E-state index in [1.165, 1.54) is 10.9 Å². The van der Waals surface area contributed by atoms with E-state index in [0.717, 1.165) is 64.9 Å². The van der Waals surface area contributed by atoms with Gasteiger partial charge in [-0.05, 0) is 67.3 Å². The molecule has 0 aliphatic rings. The summed E-state index contributed by atoms with van der Waals surface area (Å²) in [6.45, 7) is 2.86. The van der Waals surface area contributed by atoms with E-state index in [4.69, 9.17) is 9.72 Å². The average Bonchev–Trinajstić information content (AvgIpc) is 3.28. The van der Waals surface area contributed by atoms with Crippen molar-refractivity contribution in [1.82, 2.24) is 9.97 Å². The van der Waals surface area contributed by atoms with Crippen LogP contribution in [0.2, 0.25) is 0 Å². The number of unbranched alkanes of at least 4 members (excludes halogenated alkanes) is 1. The maximum Gasteiger partial charge on any atom is 0.224 e. The van der Waals surface area contributed by atoms with Gasteiger partial charge in [-0.3, -0.25) is 4.79 Å². The largest absolute Gasteiger partial charge is 0.494 e. The van der Waals surface area contributed by atoms with Crippen LogP contribution in [0.15, 0.2) is 84.9 Å². The molecule has 0 bridgehead atoms. The molecular formula is C31H31N3O2. The fraction of sp³-hybridized carbons (Fsp3) is 0.226. The van der Waals surface area contributed by atoms with E-state index >= 15 is 0 Å². The smallest absolute Gasteiger partial charge is 0.224 e. The Morgan fingerprint density at radius 3 is 2.58 bits per heavy atom. The van der Waals surface area contributed by atoms with Crippen LogP contribution in [0.5, 0.6) is 5.75 Å². The molecule has 0 unspecified atom stereocenters. The Kier molecular flexibility index (Phi) is 7.27. The molecule has 3 aromatic carbocycles. The first kappa shape index (κ1) is 23.6. The third-order valence-corrected chi connectivity index (χ3v) is 6.40. The zero-order valence-corrected chi connectivity index (χ0v) is 20.6. The summed E-state index contributed by atoms with van der Waals surface area (Å²) in [5.74, 6) is 0.843. The fourth-order valence-electron chi connectivity index (χ4n) is 4.50. The van der Waals surface area contributed by atoms with Crippen molar-refractivity contribution in [3.8, 4) is 17.1 Å². The molecule has 1 amide bonds. The number of amides is 1. The first-order chi connectivity index (χ1) is 17.7. The van der Waals surface area contributed by atoms with Crippen molar-refractivity contribution in [2.24, 2.45) is 0 Å². The van der Waals surface area contributed by atoms with E-state index in [0.29, 0.717) is 13.0 Å². The molecular weight excluding hydrogens is 446 g/mol. The highest BCUT2D eigenvalue weighted by Gasteiger charge is 2.15. The monoisotopic (exact) mass is 477 g/mol. The SMILES string of the molecule is CCCCOc1ccc(NC(=O)CCCc2c(-c3ccc4ccccc4n3)[nH]c3ccccc23)cc1. The lowest BCUT2D eigenvalue weighted by atomic mass is 10.0. The molecule has 0 radical (unpaired) electrons. The first-order valence-corrected chi connectivity index (χ1v) is 12.7. The highest BCUT2D eigenvalue weighted by Crippen LogP contribution is 2.31. The summed E-state index contributed by atoms with van der Waals surface area (Å²) in [4.78, 5) is 21.1. The average molecular weight is 478 g/mol. The van der Waals surface area contributed by atoms with Crippen LogP contribution in [0.1, 0.15) is 38.2 Å². The normalized spacial score (nSPS) is 11.1. The van der Waals surface area contributed by atoms with Crippen LogP contribution in [0.4, 0.5) is 5.69 Å². The van der Waals surface area contributed by atoms with E-state index in [1.807, 2.05) is 48.5 Å². The molecule has 5 aromatic rings. The number of H-pyrrole nitrogens is 1. The molecule has 0 spiro atoms. The van der Waals surface area contributed by atoms with Gasteiger partial charge in [0.05, 0.1) is 23.5 Å². The Labute approximate surface area is 211 Å².